The summed E-state index contributed by atoms with van der Waals surface area (Å²) < 4.78 is 28.3. The summed E-state index contributed by atoms with van der Waals surface area (Å²) in [7, 11) is -3.54. The van der Waals surface area contributed by atoms with Crippen LogP contribution in [0.5, 0.6) is 0 Å². The lowest BCUT2D eigenvalue weighted by Crippen LogP contribution is -2.13. The molecular weight excluding hydrogens is 372 g/mol. The Morgan fingerprint density at radius 2 is 2.10 bits per heavy atom. The van der Waals surface area contributed by atoms with E-state index in [1.54, 1.807) is 23.6 Å². The predicted molar refractivity (Wildman–Crippen MR) is 91.4 cm³/mol. The largest absolute Gasteiger partial charge is 0.312 e. The number of nitrogens with one attached hydrogen (secondary N) is 2. The van der Waals surface area contributed by atoms with Crippen LogP contribution >= 0.6 is 27.3 Å². The zero-order valence-corrected chi connectivity index (χ0v) is 15.0. The second kappa shape index (κ2) is 6.91. The fourth-order valence-corrected chi connectivity index (χ4v) is 4.50. The van der Waals surface area contributed by atoms with Crippen molar-refractivity contribution in [2.75, 3.05) is 11.3 Å². The van der Waals surface area contributed by atoms with Crippen molar-refractivity contribution in [1.29, 1.82) is 0 Å². The number of thiophene rings is 1. The highest BCUT2D eigenvalue weighted by molar-refractivity contribution is 9.10. The first kappa shape index (κ1) is 16.5. The highest BCUT2D eigenvalue weighted by Gasteiger charge is 2.17. The number of hydrogen-bond acceptors (Lipinski definition) is 4. The fraction of sp³-hybridized carbons (Fsp3) is 0.286. The third kappa shape index (κ3) is 4.06. The van der Waals surface area contributed by atoms with E-state index in [0.29, 0.717) is 17.1 Å². The molecule has 0 atom stereocenters. The van der Waals surface area contributed by atoms with Gasteiger partial charge in [-0.05, 0) is 37.2 Å². The Morgan fingerprint density at radius 3 is 2.81 bits per heavy atom. The summed E-state index contributed by atoms with van der Waals surface area (Å²) in [6, 6.07) is 7.15. The van der Waals surface area contributed by atoms with Crippen molar-refractivity contribution in [3.8, 4) is 0 Å². The zero-order valence-electron chi connectivity index (χ0n) is 11.8. The lowest BCUT2D eigenvalue weighted by molar-refractivity contribution is 0.601. The highest BCUT2D eigenvalue weighted by atomic mass is 79.9. The van der Waals surface area contributed by atoms with Gasteiger partial charge in [-0.2, -0.15) is 0 Å². The summed E-state index contributed by atoms with van der Waals surface area (Å²) in [6.07, 6.45) is 0. The number of halogens is 1. The molecule has 2 rings (SSSR count). The van der Waals surface area contributed by atoms with Gasteiger partial charge in [0.2, 0.25) is 0 Å². The van der Waals surface area contributed by atoms with Crippen molar-refractivity contribution in [3.05, 3.63) is 44.6 Å². The molecule has 21 heavy (non-hydrogen) atoms. The van der Waals surface area contributed by atoms with E-state index >= 15 is 0 Å². The molecule has 0 aliphatic rings. The molecule has 0 aliphatic carbocycles. The van der Waals surface area contributed by atoms with E-state index in [4.69, 9.17) is 0 Å². The van der Waals surface area contributed by atoms with Crippen LogP contribution in [0.25, 0.3) is 0 Å². The average Bonchev–Trinajstić information content (AvgIpc) is 2.91. The standard InChI is InChI=1S/C14H17BrN2O2S2/c1-3-16-8-11-7-12(9-20-11)21(18,19)17-14-6-4-5-13(15)10(14)2/h4-7,9,16-17H,3,8H2,1-2H3. The van der Waals surface area contributed by atoms with Gasteiger partial charge in [0.25, 0.3) is 10.0 Å². The van der Waals surface area contributed by atoms with Gasteiger partial charge in [-0.25, -0.2) is 8.42 Å². The molecule has 0 saturated carbocycles. The van der Waals surface area contributed by atoms with Gasteiger partial charge in [0.05, 0.1) is 10.6 Å². The van der Waals surface area contributed by atoms with Gasteiger partial charge >= 0.3 is 0 Å². The fourth-order valence-electron chi connectivity index (χ4n) is 1.76. The molecule has 0 unspecified atom stereocenters. The Kier molecular flexibility index (Phi) is 5.43. The minimum atomic E-state index is -3.54. The Hall–Kier alpha value is -0.890. The number of benzene rings is 1. The molecule has 0 aliphatic heterocycles. The maximum absolute atomic E-state index is 12.4. The first-order valence-electron chi connectivity index (χ1n) is 6.50. The molecule has 0 bridgehead atoms. The summed E-state index contributed by atoms with van der Waals surface area (Å²) in [5.41, 5.74) is 1.45. The van der Waals surface area contributed by atoms with Gasteiger partial charge in [0.15, 0.2) is 0 Å². The van der Waals surface area contributed by atoms with Crippen molar-refractivity contribution in [2.45, 2.75) is 25.3 Å². The summed E-state index contributed by atoms with van der Waals surface area (Å²) >= 11 is 4.84. The van der Waals surface area contributed by atoms with E-state index in [-0.39, 0.29) is 0 Å². The van der Waals surface area contributed by atoms with E-state index in [0.717, 1.165) is 21.5 Å². The zero-order chi connectivity index (χ0) is 15.5. The number of sulfonamides is 1. The maximum atomic E-state index is 12.4. The van der Waals surface area contributed by atoms with Gasteiger partial charge in [-0.1, -0.05) is 28.9 Å². The maximum Gasteiger partial charge on any atom is 0.262 e. The lowest BCUT2D eigenvalue weighted by Gasteiger charge is -2.10. The van der Waals surface area contributed by atoms with Gasteiger partial charge in [0.1, 0.15) is 0 Å². The average molecular weight is 389 g/mol. The lowest BCUT2D eigenvalue weighted by atomic mass is 10.2. The molecular formula is C14H17BrN2O2S2. The molecule has 0 radical (unpaired) electrons. The third-order valence-electron chi connectivity index (χ3n) is 3.00. The van der Waals surface area contributed by atoms with Crippen LogP contribution in [0, 0.1) is 6.92 Å². The summed E-state index contributed by atoms with van der Waals surface area (Å²) in [6.45, 7) is 5.43. The first-order chi connectivity index (χ1) is 9.94. The molecule has 0 spiro atoms. The summed E-state index contributed by atoms with van der Waals surface area (Å²) in [5, 5.41) is 4.85. The molecule has 0 fully saturated rings. The smallest absolute Gasteiger partial charge is 0.262 e. The van der Waals surface area contributed by atoms with Crippen molar-refractivity contribution in [2.24, 2.45) is 0 Å². The molecule has 2 N–H and O–H groups in total. The van der Waals surface area contributed by atoms with Crippen LogP contribution < -0.4 is 10.0 Å². The van der Waals surface area contributed by atoms with Crippen LogP contribution in [0.1, 0.15) is 17.4 Å². The topological polar surface area (TPSA) is 58.2 Å². The summed E-state index contributed by atoms with van der Waals surface area (Å²) in [5.74, 6) is 0. The quantitative estimate of drug-likeness (QED) is 0.792. The number of hydrogen-bond donors (Lipinski definition) is 2. The van der Waals surface area contributed by atoms with E-state index in [2.05, 4.69) is 26.0 Å². The van der Waals surface area contributed by atoms with Crippen molar-refractivity contribution < 1.29 is 8.42 Å². The van der Waals surface area contributed by atoms with Crippen LogP contribution in [0.15, 0.2) is 39.0 Å². The minimum absolute atomic E-state index is 0.305. The monoisotopic (exact) mass is 388 g/mol. The van der Waals surface area contributed by atoms with Crippen molar-refractivity contribution in [1.82, 2.24) is 5.32 Å². The van der Waals surface area contributed by atoms with Crippen LogP contribution in [0.2, 0.25) is 0 Å². The van der Waals surface area contributed by atoms with Crippen LogP contribution in [0.3, 0.4) is 0 Å². The van der Waals surface area contributed by atoms with Gasteiger partial charge in [-0.3, -0.25) is 4.72 Å². The first-order valence-corrected chi connectivity index (χ1v) is 9.65. The molecule has 0 saturated heterocycles. The molecule has 114 valence electrons. The molecule has 2 aromatic rings. The van der Waals surface area contributed by atoms with Crippen molar-refractivity contribution in [3.63, 3.8) is 0 Å². The van der Waals surface area contributed by atoms with Crippen LogP contribution in [-0.4, -0.2) is 15.0 Å². The highest BCUT2D eigenvalue weighted by Crippen LogP contribution is 2.27. The minimum Gasteiger partial charge on any atom is -0.312 e. The van der Waals surface area contributed by atoms with Gasteiger partial charge < -0.3 is 5.32 Å². The Morgan fingerprint density at radius 1 is 1.33 bits per heavy atom. The van der Waals surface area contributed by atoms with Gasteiger partial charge in [-0.15, -0.1) is 11.3 Å². The Balaban J connectivity index is 2.22. The molecule has 4 nitrogen and oxygen atoms in total. The Labute approximate surface area is 137 Å². The van der Waals surface area contributed by atoms with Gasteiger partial charge in [0, 0.05) is 21.3 Å². The van der Waals surface area contributed by atoms with Crippen molar-refractivity contribution >= 4 is 43.0 Å². The van der Waals surface area contributed by atoms with E-state index in [1.807, 2.05) is 19.9 Å². The van der Waals surface area contributed by atoms with Crippen LogP contribution in [-0.2, 0) is 16.6 Å². The molecule has 1 aromatic heterocycles. The van der Waals surface area contributed by atoms with E-state index in [9.17, 15) is 8.42 Å². The third-order valence-corrected chi connectivity index (χ3v) is 6.29. The molecule has 7 heteroatoms. The van der Waals surface area contributed by atoms with Crippen LogP contribution in [0.4, 0.5) is 5.69 Å². The van der Waals surface area contributed by atoms with E-state index < -0.39 is 10.0 Å². The summed E-state index contributed by atoms with van der Waals surface area (Å²) in [4.78, 5) is 1.31. The predicted octanol–water partition coefficient (Wildman–Crippen LogP) is 3.73. The second-order valence-electron chi connectivity index (χ2n) is 4.55. The Bertz CT molecular complexity index is 726. The molecule has 1 aromatic carbocycles. The molecule has 0 amide bonds. The second-order valence-corrected chi connectivity index (χ2v) is 8.08. The number of anilines is 1. The normalized spacial score (nSPS) is 11.6. The SMILES string of the molecule is CCNCc1cc(S(=O)(=O)Nc2cccc(Br)c2C)cs1. The molecule has 1 heterocycles. The number of rotatable bonds is 6. The van der Waals surface area contributed by atoms with E-state index in [1.165, 1.54) is 11.3 Å².